The van der Waals surface area contributed by atoms with Crippen molar-refractivity contribution in [3.05, 3.63) is 23.7 Å². The van der Waals surface area contributed by atoms with E-state index >= 15 is 0 Å². The molecule has 0 rings (SSSR count). The average Bonchev–Trinajstić information content (AvgIpc) is 1.63. The molecule has 0 aromatic heterocycles. The monoisotopic (exact) mass is 120 g/mol. The van der Waals surface area contributed by atoms with Crippen LogP contribution >= 0.6 is 0 Å². The summed E-state index contributed by atoms with van der Waals surface area (Å²) in [5.74, 6) is 0. The van der Waals surface area contributed by atoms with Crippen LogP contribution in [0.5, 0.6) is 0 Å². The van der Waals surface area contributed by atoms with Crippen molar-refractivity contribution in [2.75, 3.05) is 0 Å². The average molecular weight is 120 g/mol. The molecule has 0 fully saturated rings. The van der Waals surface area contributed by atoms with Crippen LogP contribution < -0.4 is 0 Å². The minimum absolute atomic E-state index is 0.654. The van der Waals surface area contributed by atoms with Crippen LogP contribution in [0.4, 0.5) is 0 Å². The molecule has 0 aromatic carbocycles. The highest BCUT2D eigenvalue weighted by Gasteiger charge is 1.84. The summed E-state index contributed by atoms with van der Waals surface area (Å²) in [5.41, 5.74) is 1.96. The quantitative estimate of drug-likeness (QED) is 0.396. The third-order valence-corrected chi connectivity index (χ3v) is 1.08. The molecule has 9 heavy (non-hydrogen) atoms. The molecule has 0 nitrogen and oxygen atoms in total. The van der Waals surface area contributed by atoms with Gasteiger partial charge in [0.25, 0.3) is 0 Å². The van der Waals surface area contributed by atoms with Gasteiger partial charge in [-0.15, -0.1) is 12.1 Å². The fourth-order valence-corrected chi connectivity index (χ4v) is 0.783. The van der Waals surface area contributed by atoms with Gasteiger partial charge in [-0.25, -0.2) is 0 Å². The normalized spacial score (nSPS) is 11.6. The van der Waals surface area contributed by atoms with Crippen LogP contribution in [0.25, 0.3) is 0 Å². The lowest BCUT2D eigenvalue weighted by molar-refractivity contribution is 0.905. The van der Waals surface area contributed by atoms with Gasteiger partial charge in [-0.3, -0.25) is 0 Å². The molecule has 0 spiro atoms. The number of rotatable bonds is 3. The van der Waals surface area contributed by atoms with Crippen molar-refractivity contribution in [2.45, 2.75) is 26.7 Å². The predicted molar refractivity (Wildman–Crippen MR) is 43.6 cm³/mol. The van der Waals surface area contributed by atoms with E-state index in [0.717, 1.165) is 6.42 Å². The molecular weight excluding hydrogens is 107 g/mol. The first-order valence-electron chi connectivity index (χ1n) is 3.28. The smallest absolute Gasteiger partial charge is 0.106 e. The maximum absolute atomic E-state index is 5.35. The van der Waals surface area contributed by atoms with Gasteiger partial charge in [0.05, 0.1) is 0 Å². The Bertz CT molecular complexity index is 123. The molecule has 0 aliphatic heterocycles. The van der Waals surface area contributed by atoms with Gasteiger partial charge in [-0.2, -0.15) is 0 Å². The first-order valence-corrected chi connectivity index (χ1v) is 3.28. The lowest BCUT2D eigenvalue weighted by Gasteiger charge is -1.95. The summed E-state index contributed by atoms with van der Waals surface area (Å²) < 4.78 is 0. The molecule has 0 aliphatic rings. The van der Waals surface area contributed by atoms with Crippen molar-refractivity contribution in [3.8, 4) is 0 Å². The molecule has 0 atom stereocenters. The Morgan fingerprint density at radius 1 is 1.67 bits per heavy atom. The van der Waals surface area contributed by atoms with E-state index in [2.05, 4.69) is 20.4 Å². The number of allylic oxidation sites excluding steroid dienone is 3. The zero-order valence-corrected chi connectivity index (χ0v) is 6.28. The predicted octanol–water partition coefficient (Wildman–Crippen LogP) is 2.42. The summed E-state index contributed by atoms with van der Waals surface area (Å²) in [7, 11) is 5.35. The number of hydrogen-bond donors (Lipinski definition) is 0. The maximum atomic E-state index is 5.35. The fourth-order valence-electron chi connectivity index (χ4n) is 0.783. The highest BCUT2D eigenvalue weighted by atomic mass is 13.9. The molecule has 0 heterocycles. The van der Waals surface area contributed by atoms with Crippen LogP contribution in [0.2, 0.25) is 0 Å². The maximum Gasteiger partial charge on any atom is 0.112 e. The van der Waals surface area contributed by atoms with E-state index < -0.39 is 0 Å². The van der Waals surface area contributed by atoms with Crippen molar-refractivity contribution in [1.29, 1.82) is 0 Å². The first-order chi connectivity index (χ1) is 4.16. The van der Waals surface area contributed by atoms with Gasteiger partial charge in [0.2, 0.25) is 0 Å². The van der Waals surface area contributed by atoms with Crippen molar-refractivity contribution in [1.82, 2.24) is 0 Å². The molecule has 1 heteroatoms. The third-order valence-electron chi connectivity index (χ3n) is 1.08. The van der Waals surface area contributed by atoms with Crippen LogP contribution in [0.3, 0.4) is 0 Å². The van der Waals surface area contributed by atoms with E-state index in [9.17, 15) is 0 Å². The van der Waals surface area contributed by atoms with Crippen molar-refractivity contribution in [2.24, 2.45) is 0 Å². The zero-order valence-electron chi connectivity index (χ0n) is 6.28. The van der Waals surface area contributed by atoms with Crippen LogP contribution in [0.1, 0.15) is 26.7 Å². The van der Waals surface area contributed by atoms with Gasteiger partial charge in [0, 0.05) is 0 Å². The second-order valence-corrected chi connectivity index (χ2v) is 2.32. The van der Waals surface area contributed by atoms with E-state index in [1.54, 1.807) is 0 Å². The highest BCUT2D eigenvalue weighted by Crippen LogP contribution is 2.04. The molecule has 0 aromatic rings. The standard InChI is InChI=1S/C8H13B/c1-4-5-7(2)6-8(3)9/h6H,3-5H2,1-2H3/b7-6+. The fraction of sp³-hybridized carbons (Fsp3) is 0.500. The summed E-state index contributed by atoms with van der Waals surface area (Å²) in [6.07, 6.45) is 4.22. The van der Waals surface area contributed by atoms with Crippen LogP contribution in [-0.2, 0) is 0 Å². The van der Waals surface area contributed by atoms with E-state index in [1.165, 1.54) is 12.0 Å². The van der Waals surface area contributed by atoms with Gasteiger partial charge in [0.1, 0.15) is 7.85 Å². The molecule has 48 valence electrons. The third kappa shape index (κ3) is 5.42. The highest BCUT2D eigenvalue weighted by molar-refractivity contribution is 6.23. The van der Waals surface area contributed by atoms with Gasteiger partial charge in [0.15, 0.2) is 0 Å². The Hall–Kier alpha value is -0.455. The molecular formula is C8H13B. The second-order valence-electron chi connectivity index (χ2n) is 2.32. The first kappa shape index (κ1) is 8.54. The minimum Gasteiger partial charge on any atom is -0.106 e. The lowest BCUT2D eigenvalue weighted by Crippen LogP contribution is -1.77. The van der Waals surface area contributed by atoms with Gasteiger partial charge in [-0.05, 0) is 13.3 Å². The Morgan fingerprint density at radius 2 is 2.22 bits per heavy atom. The molecule has 2 radical (unpaired) electrons. The Balaban J connectivity index is 3.69. The van der Waals surface area contributed by atoms with Crippen molar-refractivity contribution >= 4 is 7.85 Å². The van der Waals surface area contributed by atoms with Gasteiger partial charge in [-0.1, -0.05) is 25.0 Å². The second kappa shape index (κ2) is 4.43. The molecule has 0 amide bonds. The molecule has 0 saturated heterocycles. The Labute approximate surface area is 59.1 Å². The molecule has 0 unspecified atom stereocenters. The minimum atomic E-state index is 0.654. The lowest BCUT2D eigenvalue weighted by atomic mass is 9.95. The van der Waals surface area contributed by atoms with E-state index in [-0.39, 0.29) is 0 Å². The van der Waals surface area contributed by atoms with E-state index in [1.807, 2.05) is 6.08 Å². The number of hydrogen-bond acceptors (Lipinski definition) is 0. The summed E-state index contributed by atoms with van der Waals surface area (Å²) in [5, 5.41) is 0. The van der Waals surface area contributed by atoms with Crippen LogP contribution in [0.15, 0.2) is 23.7 Å². The van der Waals surface area contributed by atoms with Crippen molar-refractivity contribution < 1.29 is 0 Å². The van der Waals surface area contributed by atoms with E-state index in [0.29, 0.717) is 5.47 Å². The molecule has 0 N–H and O–H groups in total. The van der Waals surface area contributed by atoms with E-state index in [4.69, 9.17) is 7.85 Å². The summed E-state index contributed by atoms with van der Waals surface area (Å²) in [6, 6.07) is 0. The zero-order chi connectivity index (χ0) is 7.28. The summed E-state index contributed by atoms with van der Waals surface area (Å²) in [4.78, 5) is 0. The Kier molecular flexibility index (Phi) is 4.20. The van der Waals surface area contributed by atoms with Gasteiger partial charge < -0.3 is 0 Å². The molecule has 0 aliphatic carbocycles. The molecule has 0 saturated carbocycles. The summed E-state index contributed by atoms with van der Waals surface area (Å²) >= 11 is 0. The topological polar surface area (TPSA) is 0 Å². The van der Waals surface area contributed by atoms with Crippen LogP contribution in [0, 0.1) is 0 Å². The van der Waals surface area contributed by atoms with Gasteiger partial charge >= 0.3 is 0 Å². The van der Waals surface area contributed by atoms with Crippen LogP contribution in [-0.4, -0.2) is 7.85 Å². The summed E-state index contributed by atoms with van der Waals surface area (Å²) in [6.45, 7) is 7.80. The van der Waals surface area contributed by atoms with Crippen molar-refractivity contribution in [3.63, 3.8) is 0 Å². The largest absolute Gasteiger partial charge is 0.112 e. The Morgan fingerprint density at radius 3 is 2.56 bits per heavy atom. The SMILES string of the molecule is [B]C(=C)/C=C(\C)CCC. The molecule has 0 bridgehead atoms.